The number of sulfonamides is 1. The van der Waals surface area contributed by atoms with Gasteiger partial charge in [0.15, 0.2) is 0 Å². The first-order valence-electron chi connectivity index (χ1n) is 14.6. The van der Waals surface area contributed by atoms with Crippen LogP contribution >= 0.6 is 11.6 Å². The highest BCUT2D eigenvalue weighted by molar-refractivity contribution is 7.92. The normalized spacial score (nSPS) is 14.5. The summed E-state index contributed by atoms with van der Waals surface area (Å²) in [5, 5.41) is 3.51. The summed E-state index contributed by atoms with van der Waals surface area (Å²) in [6.07, 6.45) is 6.33. The predicted octanol–water partition coefficient (Wildman–Crippen LogP) is 5.51. The molecule has 1 aliphatic rings. The van der Waals surface area contributed by atoms with Crippen LogP contribution in [0.2, 0.25) is 5.02 Å². The maximum Gasteiger partial charge on any atom is 0.244 e. The van der Waals surface area contributed by atoms with Crippen LogP contribution in [0, 0.1) is 6.92 Å². The molecular formula is C33H40ClN3O5S. The first kappa shape index (κ1) is 32.4. The van der Waals surface area contributed by atoms with E-state index < -0.39 is 28.5 Å². The lowest BCUT2D eigenvalue weighted by molar-refractivity contribution is -0.140. The number of hydrogen-bond donors (Lipinski definition) is 1. The number of rotatable bonds is 12. The zero-order chi connectivity index (χ0) is 31.0. The van der Waals surface area contributed by atoms with Crippen LogP contribution in [0.1, 0.15) is 48.8 Å². The lowest BCUT2D eigenvalue weighted by atomic mass is 9.94. The first-order valence-corrected chi connectivity index (χ1v) is 16.8. The number of benzene rings is 3. The van der Waals surface area contributed by atoms with E-state index in [0.29, 0.717) is 5.02 Å². The van der Waals surface area contributed by atoms with Crippen molar-refractivity contribution in [2.45, 2.75) is 64.1 Å². The van der Waals surface area contributed by atoms with Crippen LogP contribution < -0.4 is 14.4 Å². The van der Waals surface area contributed by atoms with Crippen LogP contribution in [0.3, 0.4) is 0 Å². The second-order valence-corrected chi connectivity index (χ2v) is 13.4. The van der Waals surface area contributed by atoms with Gasteiger partial charge in [-0.3, -0.25) is 13.9 Å². The highest BCUT2D eigenvalue weighted by Crippen LogP contribution is 2.33. The van der Waals surface area contributed by atoms with Crippen molar-refractivity contribution >= 4 is 39.1 Å². The molecule has 43 heavy (non-hydrogen) atoms. The van der Waals surface area contributed by atoms with Crippen molar-refractivity contribution in [2.24, 2.45) is 0 Å². The molecule has 0 radical (unpaired) electrons. The van der Waals surface area contributed by atoms with Gasteiger partial charge in [-0.1, -0.05) is 85.5 Å². The van der Waals surface area contributed by atoms with Crippen LogP contribution in [-0.2, 0) is 32.6 Å². The average Bonchev–Trinajstić information content (AvgIpc) is 2.99. The molecule has 0 aromatic heterocycles. The molecule has 0 aliphatic heterocycles. The summed E-state index contributed by atoms with van der Waals surface area (Å²) in [6.45, 7) is 1.54. The Hall–Kier alpha value is -3.56. The maximum atomic E-state index is 14.4. The zero-order valence-electron chi connectivity index (χ0n) is 25.0. The molecule has 3 aromatic rings. The Morgan fingerprint density at radius 3 is 2.33 bits per heavy atom. The summed E-state index contributed by atoms with van der Waals surface area (Å²) < 4.78 is 32.6. The first-order chi connectivity index (χ1) is 20.6. The number of aryl methyl sites for hydroxylation is 1. The summed E-state index contributed by atoms with van der Waals surface area (Å²) in [5.74, 6) is -0.511. The molecule has 1 N–H and O–H groups in total. The van der Waals surface area contributed by atoms with Gasteiger partial charge in [0, 0.05) is 24.0 Å². The minimum Gasteiger partial charge on any atom is -0.495 e. The number of hydrogen-bond acceptors (Lipinski definition) is 5. The summed E-state index contributed by atoms with van der Waals surface area (Å²) in [7, 11) is -2.54. The lowest BCUT2D eigenvalue weighted by Crippen LogP contribution is -2.55. The Morgan fingerprint density at radius 2 is 1.67 bits per heavy atom. The molecule has 1 aliphatic carbocycles. The Kier molecular flexibility index (Phi) is 11.1. The molecule has 4 rings (SSSR count). The lowest BCUT2D eigenvalue weighted by Gasteiger charge is -2.35. The molecule has 0 saturated heterocycles. The van der Waals surface area contributed by atoms with Crippen LogP contribution in [0.4, 0.5) is 5.69 Å². The average molecular weight is 626 g/mol. The molecule has 3 aromatic carbocycles. The standard InChI is InChI=1S/C33H40ClN3O5S/c1-24-12-10-11-15-26(24)22-36(32(38)23-37(43(3,40)41)29-21-27(34)18-19-31(29)42-2)30(20-25-13-6-4-7-14-25)33(39)35-28-16-8-5-9-17-28/h4,6-7,10-15,18-19,21,28,30H,5,8-9,16-17,20,22-23H2,1-3H3,(H,35,39)/t30-/m1/s1. The fourth-order valence-electron chi connectivity index (χ4n) is 5.52. The third kappa shape index (κ3) is 8.74. The van der Waals surface area contributed by atoms with Crippen molar-refractivity contribution < 1.29 is 22.7 Å². The summed E-state index contributed by atoms with van der Waals surface area (Å²) >= 11 is 6.24. The molecule has 2 amide bonds. The second kappa shape index (κ2) is 14.8. The molecule has 1 atom stereocenters. The molecule has 230 valence electrons. The van der Waals surface area contributed by atoms with Gasteiger partial charge in [-0.15, -0.1) is 0 Å². The minimum absolute atomic E-state index is 0.0400. The Balaban J connectivity index is 1.76. The predicted molar refractivity (Wildman–Crippen MR) is 171 cm³/mol. The maximum absolute atomic E-state index is 14.4. The van der Waals surface area contributed by atoms with Gasteiger partial charge in [0.1, 0.15) is 18.3 Å². The van der Waals surface area contributed by atoms with E-state index in [1.807, 2.05) is 61.5 Å². The van der Waals surface area contributed by atoms with Crippen molar-refractivity contribution in [1.29, 1.82) is 0 Å². The number of halogens is 1. The molecule has 1 saturated carbocycles. The van der Waals surface area contributed by atoms with E-state index >= 15 is 0 Å². The fourth-order valence-corrected chi connectivity index (χ4v) is 6.53. The molecule has 0 heterocycles. The number of ether oxygens (including phenoxy) is 1. The molecule has 0 spiro atoms. The minimum atomic E-state index is -3.96. The number of anilines is 1. The van der Waals surface area contributed by atoms with Gasteiger partial charge < -0.3 is 15.0 Å². The third-order valence-corrected chi connectivity index (χ3v) is 9.27. The van der Waals surface area contributed by atoms with E-state index in [1.165, 1.54) is 18.1 Å². The number of carbonyl (C=O) groups is 2. The number of carbonyl (C=O) groups excluding carboxylic acids is 2. The van der Waals surface area contributed by atoms with Crippen molar-refractivity contribution in [3.8, 4) is 5.75 Å². The van der Waals surface area contributed by atoms with Crippen molar-refractivity contribution in [3.63, 3.8) is 0 Å². The number of amides is 2. The van der Waals surface area contributed by atoms with Gasteiger partial charge in [0.2, 0.25) is 21.8 Å². The van der Waals surface area contributed by atoms with Crippen LogP contribution in [0.5, 0.6) is 5.75 Å². The quantitative estimate of drug-likeness (QED) is 0.286. The topological polar surface area (TPSA) is 96.0 Å². The Labute approximate surface area is 260 Å². The molecular weight excluding hydrogens is 586 g/mol. The SMILES string of the molecule is COc1ccc(Cl)cc1N(CC(=O)N(Cc1ccccc1C)[C@H](Cc1ccccc1)C(=O)NC1CCCCC1)S(C)(=O)=O. The van der Waals surface area contributed by atoms with E-state index in [1.54, 1.807) is 12.1 Å². The summed E-state index contributed by atoms with van der Waals surface area (Å²) in [5.41, 5.74) is 2.87. The fraction of sp³-hybridized carbons (Fsp3) is 0.394. The molecule has 10 heteroatoms. The van der Waals surface area contributed by atoms with Gasteiger partial charge >= 0.3 is 0 Å². The van der Waals surface area contributed by atoms with Gasteiger partial charge in [0.05, 0.1) is 19.1 Å². The molecule has 0 bridgehead atoms. The van der Waals surface area contributed by atoms with E-state index in [9.17, 15) is 18.0 Å². The smallest absolute Gasteiger partial charge is 0.244 e. The van der Waals surface area contributed by atoms with E-state index in [2.05, 4.69) is 5.32 Å². The van der Waals surface area contributed by atoms with Gasteiger partial charge in [0.25, 0.3) is 0 Å². The van der Waals surface area contributed by atoms with Crippen LogP contribution in [0.25, 0.3) is 0 Å². The van der Waals surface area contributed by atoms with Crippen molar-refractivity contribution in [3.05, 3.63) is 94.5 Å². The molecule has 0 unspecified atom stereocenters. The summed E-state index contributed by atoms with van der Waals surface area (Å²) in [6, 6.07) is 21.0. The summed E-state index contributed by atoms with van der Waals surface area (Å²) in [4.78, 5) is 29.9. The molecule has 8 nitrogen and oxygen atoms in total. The van der Waals surface area contributed by atoms with Gasteiger partial charge in [-0.2, -0.15) is 0 Å². The Morgan fingerprint density at radius 1 is 1.00 bits per heavy atom. The number of methoxy groups -OCH3 is 1. The van der Waals surface area contributed by atoms with Crippen LogP contribution in [-0.4, -0.2) is 57.1 Å². The largest absolute Gasteiger partial charge is 0.495 e. The number of nitrogens with one attached hydrogen (secondary N) is 1. The molecule has 1 fully saturated rings. The van der Waals surface area contributed by atoms with Crippen molar-refractivity contribution in [1.82, 2.24) is 10.2 Å². The third-order valence-electron chi connectivity index (χ3n) is 7.91. The van der Waals surface area contributed by atoms with E-state index in [4.69, 9.17) is 16.3 Å². The highest BCUT2D eigenvalue weighted by Gasteiger charge is 2.35. The Bertz CT molecular complexity index is 1510. The monoisotopic (exact) mass is 625 g/mol. The van der Waals surface area contributed by atoms with Gasteiger partial charge in [-0.25, -0.2) is 8.42 Å². The zero-order valence-corrected chi connectivity index (χ0v) is 26.5. The van der Waals surface area contributed by atoms with Gasteiger partial charge in [-0.05, 0) is 54.7 Å². The highest BCUT2D eigenvalue weighted by atomic mass is 35.5. The second-order valence-electron chi connectivity index (χ2n) is 11.1. The van der Waals surface area contributed by atoms with Crippen LogP contribution in [0.15, 0.2) is 72.8 Å². The number of nitrogens with zero attached hydrogens (tertiary/aromatic N) is 2. The van der Waals surface area contributed by atoms with E-state index in [0.717, 1.165) is 59.4 Å². The van der Waals surface area contributed by atoms with Crippen molar-refractivity contribution in [2.75, 3.05) is 24.2 Å². The van der Waals surface area contributed by atoms with E-state index in [-0.39, 0.29) is 36.4 Å².